The van der Waals surface area contributed by atoms with Crippen molar-refractivity contribution in [2.45, 2.75) is 38.6 Å². The van der Waals surface area contributed by atoms with Gasteiger partial charge in [0.05, 0.1) is 12.0 Å². The van der Waals surface area contributed by atoms with E-state index in [2.05, 4.69) is 11.9 Å². The molecule has 1 aliphatic rings. The zero-order valence-corrected chi connectivity index (χ0v) is 14.3. The molecule has 1 saturated heterocycles. The first kappa shape index (κ1) is 17.3. The Balaban J connectivity index is 1.98. The fourth-order valence-electron chi connectivity index (χ4n) is 3.46. The molecule has 6 heteroatoms. The van der Waals surface area contributed by atoms with Crippen LogP contribution >= 0.6 is 0 Å². The van der Waals surface area contributed by atoms with Crippen LogP contribution in [0.1, 0.15) is 49.0 Å². The summed E-state index contributed by atoms with van der Waals surface area (Å²) in [5.41, 5.74) is 0.795. The molecule has 25 heavy (non-hydrogen) atoms. The summed E-state index contributed by atoms with van der Waals surface area (Å²) in [5.74, 6) is -0.726. The van der Waals surface area contributed by atoms with Crippen molar-refractivity contribution < 1.29 is 14.0 Å². The van der Waals surface area contributed by atoms with Crippen molar-refractivity contribution in [2.75, 3.05) is 6.54 Å². The molecule has 1 amide bonds. The third-order valence-electron chi connectivity index (χ3n) is 4.75. The first-order valence-corrected chi connectivity index (χ1v) is 8.69. The molecule has 3 rings (SSSR count). The largest absolute Gasteiger partial charge is 0.335 e. The Kier molecular flexibility index (Phi) is 5.26. The molecule has 1 fully saturated rings. The Bertz CT molecular complexity index is 728. The van der Waals surface area contributed by atoms with Crippen molar-refractivity contribution in [1.82, 2.24) is 14.5 Å². The normalized spacial score (nSPS) is 20.7. The molecule has 1 aromatic heterocycles. The molecule has 2 aromatic rings. The maximum atomic E-state index is 13.3. The van der Waals surface area contributed by atoms with Gasteiger partial charge >= 0.3 is 0 Å². The topological polar surface area (TPSA) is 55.2 Å². The Labute approximate surface area is 146 Å². The van der Waals surface area contributed by atoms with Crippen LogP contribution in [0, 0.1) is 11.7 Å². The van der Waals surface area contributed by atoms with Crippen LogP contribution in [0.25, 0.3) is 0 Å². The van der Waals surface area contributed by atoms with Crippen molar-refractivity contribution in [3.05, 3.63) is 54.4 Å². The fourth-order valence-corrected chi connectivity index (χ4v) is 3.46. The van der Waals surface area contributed by atoms with E-state index >= 15 is 0 Å². The third kappa shape index (κ3) is 3.62. The average Bonchev–Trinajstić information content (AvgIpc) is 3.15. The number of rotatable bonds is 5. The van der Waals surface area contributed by atoms with Gasteiger partial charge in [-0.15, -0.1) is 0 Å². The second-order valence-corrected chi connectivity index (χ2v) is 6.39. The quantitative estimate of drug-likeness (QED) is 0.836. The molecule has 0 N–H and O–H groups in total. The standard InChI is InChI=1S/C19H22FN3O2/c1-2-3-11-23-17(24)9-8-16(19(25)22-12-10-21-13-22)18(23)14-4-6-15(20)7-5-14/h4-7,10,12-13,16,18H,2-3,8-9,11H2,1H3. The number of hydrogen-bond acceptors (Lipinski definition) is 3. The lowest BCUT2D eigenvalue weighted by Crippen LogP contribution is -2.46. The Morgan fingerprint density at radius 3 is 2.72 bits per heavy atom. The molecule has 1 aliphatic heterocycles. The Hall–Kier alpha value is -2.50. The summed E-state index contributed by atoms with van der Waals surface area (Å²) in [5, 5.41) is 0. The van der Waals surface area contributed by atoms with E-state index in [-0.39, 0.29) is 29.6 Å². The van der Waals surface area contributed by atoms with E-state index in [0.717, 1.165) is 18.4 Å². The van der Waals surface area contributed by atoms with Gasteiger partial charge in [-0.05, 0) is 30.5 Å². The van der Waals surface area contributed by atoms with Crippen LogP contribution < -0.4 is 0 Å². The molecule has 0 spiro atoms. The number of nitrogens with zero attached hydrogens (tertiary/aromatic N) is 3. The SMILES string of the molecule is CCCCN1C(=O)CCC(C(=O)n2ccnc2)C1c1ccc(F)cc1. The van der Waals surface area contributed by atoms with Gasteiger partial charge in [0.15, 0.2) is 0 Å². The molecule has 0 aliphatic carbocycles. The molecule has 0 bridgehead atoms. The smallest absolute Gasteiger partial charge is 0.237 e. The lowest BCUT2D eigenvalue weighted by atomic mass is 9.83. The van der Waals surface area contributed by atoms with Gasteiger partial charge in [-0.25, -0.2) is 9.37 Å². The van der Waals surface area contributed by atoms with Gasteiger partial charge < -0.3 is 4.90 Å². The van der Waals surface area contributed by atoms with E-state index < -0.39 is 0 Å². The van der Waals surface area contributed by atoms with Gasteiger partial charge in [-0.1, -0.05) is 25.5 Å². The summed E-state index contributed by atoms with van der Waals surface area (Å²) < 4.78 is 14.8. The highest BCUT2D eigenvalue weighted by Gasteiger charge is 2.40. The first-order chi connectivity index (χ1) is 12.1. The Morgan fingerprint density at radius 1 is 1.32 bits per heavy atom. The number of likely N-dealkylation sites (tertiary alicyclic amines) is 1. The zero-order valence-electron chi connectivity index (χ0n) is 14.3. The van der Waals surface area contributed by atoms with Crippen LogP contribution in [0.2, 0.25) is 0 Å². The number of unbranched alkanes of at least 4 members (excludes halogenated alkanes) is 1. The second-order valence-electron chi connectivity index (χ2n) is 6.39. The van der Waals surface area contributed by atoms with Crippen LogP contribution in [0.15, 0.2) is 43.0 Å². The summed E-state index contributed by atoms with van der Waals surface area (Å²) in [6.45, 7) is 2.67. The fraction of sp³-hybridized carbons (Fsp3) is 0.421. The van der Waals surface area contributed by atoms with Crippen molar-refractivity contribution in [3.8, 4) is 0 Å². The summed E-state index contributed by atoms with van der Waals surface area (Å²) in [4.78, 5) is 31.2. The van der Waals surface area contributed by atoms with E-state index in [1.165, 1.54) is 23.0 Å². The molecule has 2 atom stereocenters. The van der Waals surface area contributed by atoms with Gasteiger partial charge in [-0.3, -0.25) is 14.2 Å². The maximum Gasteiger partial charge on any atom is 0.237 e. The summed E-state index contributed by atoms with van der Waals surface area (Å²) in [7, 11) is 0. The highest BCUT2D eigenvalue weighted by atomic mass is 19.1. The molecule has 132 valence electrons. The molecular weight excluding hydrogens is 321 g/mol. The molecule has 2 unspecified atom stereocenters. The molecule has 0 radical (unpaired) electrons. The van der Waals surface area contributed by atoms with Crippen molar-refractivity contribution in [2.24, 2.45) is 5.92 Å². The van der Waals surface area contributed by atoms with E-state index in [9.17, 15) is 14.0 Å². The van der Waals surface area contributed by atoms with Crippen LogP contribution in [0.3, 0.4) is 0 Å². The first-order valence-electron chi connectivity index (χ1n) is 8.69. The highest BCUT2D eigenvalue weighted by Crippen LogP contribution is 2.38. The lowest BCUT2D eigenvalue weighted by Gasteiger charge is -2.41. The average molecular weight is 343 g/mol. The predicted molar refractivity (Wildman–Crippen MR) is 91.3 cm³/mol. The zero-order chi connectivity index (χ0) is 17.8. The van der Waals surface area contributed by atoms with Crippen LogP contribution in [-0.2, 0) is 4.79 Å². The number of aromatic nitrogens is 2. The van der Waals surface area contributed by atoms with E-state index in [1.807, 2.05) is 0 Å². The van der Waals surface area contributed by atoms with E-state index in [0.29, 0.717) is 19.4 Å². The summed E-state index contributed by atoms with van der Waals surface area (Å²) >= 11 is 0. The number of halogens is 1. The number of amides is 1. The molecule has 1 aromatic carbocycles. The van der Waals surface area contributed by atoms with Crippen molar-refractivity contribution in [1.29, 1.82) is 0 Å². The number of imidazole rings is 1. The van der Waals surface area contributed by atoms with Crippen molar-refractivity contribution in [3.63, 3.8) is 0 Å². The van der Waals surface area contributed by atoms with Gasteiger partial charge in [0.2, 0.25) is 11.8 Å². The lowest BCUT2D eigenvalue weighted by molar-refractivity contribution is -0.138. The van der Waals surface area contributed by atoms with Gasteiger partial charge in [0.25, 0.3) is 0 Å². The number of benzene rings is 1. The second kappa shape index (κ2) is 7.59. The predicted octanol–water partition coefficient (Wildman–Crippen LogP) is 3.44. The number of carbonyl (C=O) groups is 2. The third-order valence-corrected chi connectivity index (χ3v) is 4.75. The summed E-state index contributed by atoms with van der Waals surface area (Å²) in [6.07, 6.45) is 7.34. The minimum absolute atomic E-state index is 0.0532. The van der Waals surface area contributed by atoms with Crippen LogP contribution in [0.4, 0.5) is 4.39 Å². The number of hydrogen-bond donors (Lipinski definition) is 0. The minimum atomic E-state index is -0.372. The summed E-state index contributed by atoms with van der Waals surface area (Å²) in [6, 6.07) is 5.73. The van der Waals surface area contributed by atoms with E-state index in [1.54, 1.807) is 29.4 Å². The minimum Gasteiger partial charge on any atom is -0.335 e. The van der Waals surface area contributed by atoms with Crippen LogP contribution in [-0.4, -0.2) is 32.8 Å². The Morgan fingerprint density at radius 2 is 2.08 bits per heavy atom. The molecular formula is C19H22FN3O2. The van der Waals surface area contributed by atoms with Crippen molar-refractivity contribution >= 4 is 11.8 Å². The van der Waals surface area contributed by atoms with Gasteiger partial charge in [0.1, 0.15) is 12.1 Å². The maximum absolute atomic E-state index is 13.3. The molecule has 2 heterocycles. The monoisotopic (exact) mass is 343 g/mol. The van der Waals surface area contributed by atoms with Gasteiger partial charge in [0, 0.05) is 25.4 Å². The molecule has 0 saturated carbocycles. The number of piperidine rings is 1. The molecule has 5 nitrogen and oxygen atoms in total. The van der Waals surface area contributed by atoms with Gasteiger partial charge in [-0.2, -0.15) is 0 Å². The number of carbonyl (C=O) groups excluding carboxylic acids is 2. The highest BCUT2D eigenvalue weighted by molar-refractivity contribution is 5.86. The van der Waals surface area contributed by atoms with Crippen LogP contribution in [0.5, 0.6) is 0 Å². The van der Waals surface area contributed by atoms with E-state index in [4.69, 9.17) is 0 Å².